The Kier molecular flexibility index (Phi) is 5.01. The van der Waals surface area contributed by atoms with Gasteiger partial charge in [-0.3, -0.25) is 14.5 Å². The van der Waals surface area contributed by atoms with Gasteiger partial charge in [0.25, 0.3) is 0 Å². The lowest BCUT2D eigenvalue weighted by Crippen LogP contribution is -2.42. The summed E-state index contributed by atoms with van der Waals surface area (Å²) in [5.41, 5.74) is 1.01. The van der Waals surface area contributed by atoms with E-state index in [1.54, 1.807) is 12.1 Å². The molecule has 0 aromatic heterocycles. The number of rotatable bonds is 4. The first-order valence-corrected chi connectivity index (χ1v) is 9.21. The first-order chi connectivity index (χ1) is 12.2. The Labute approximate surface area is 147 Å². The summed E-state index contributed by atoms with van der Waals surface area (Å²) in [5.74, 6) is 0.763. The van der Waals surface area contributed by atoms with E-state index < -0.39 is 0 Å². The maximum absolute atomic E-state index is 13.4. The van der Waals surface area contributed by atoms with Crippen LogP contribution in [0.2, 0.25) is 0 Å². The van der Waals surface area contributed by atoms with E-state index in [0.717, 1.165) is 38.0 Å². The Morgan fingerprint density at radius 2 is 2.24 bits per heavy atom. The van der Waals surface area contributed by atoms with Gasteiger partial charge in [0.1, 0.15) is 5.82 Å². The summed E-state index contributed by atoms with van der Waals surface area (Å²) in [6.07, 6.45) is 2.38. The monoisotopic (exact) mass is 348 g/mol. The van der Waals surface area contributed by atoms with E-state index in [1.807, 2.05) is 6.07 Å². The van der Waals surface area contributed by atoms with Gasteiger partial charge >= 0.3 is 0 Å². The number of hydrogen-bond donors (Lipinski definition) is 0. The molecule has 1 aromatic rings. The van der Waals surface area contributed by atoms with Crippen LogP contribution in [0.15, 0.2) is 24.3 Å². The first kappa shape index (κ1) is 16.9. The number of likely N-dealkylation sites (tertiary alicyclic amines) is 1. The molecule has 1 aromatic carbocycles. The predicted molar refractivity (Wildman–Crippen MR) is 89.9 cm³/mol. The molecule has 136 valence electrons. The van der Waals surface area contributed by atoms with Crippen molar-refractivity contribution in [2.45, 2.75) is 31.9 Å². The highest BCUT2D eigenvalue weighted by molar-refractivity contribution is 5.75. The van der Waals surface area contributed by atoms with Crippen molar-refractivity contribution in [2.24, 2.45) is 11.8 Å². The molecule has 3 aliphatic heterocycles. The maximum Gasteiger partial charge on any atom is 0.248 e. The fourth-order valence-corrected chi connectivity index (χ4v) is 4.33. The Hall–Kier alpha value is -1.50. The summed E-state index contributed by atoms with van der Waals surface area (Å²) in [4.78, 5) is 20.0. The number of hydroxylamine groups is 2. The van der Waals surface area contributed by atoms with Crippen LogP contribution in [-0.2, 0) is 20.9 Å². The Balaban J connectivity index is 1.31. The molecule has 0 spiro atoms. The zero-order valence-corrected chi connectivity index (χ0v) is 14.4. The maximum atomic E-state index is 13.4. The number of piperidine rings is 1. The Bertz CT molecular complexity index is 620. The molecule has 5 nitrogen and oxygen atoms in total. The second-order valence-corrected chi connectivity index (χ2v) is 7.34. The predicted octanol–water partition coefficient (Wildman–Crippen LogP) is 2.22. The molecule has 0 saturated carbocycles. The van der Waals surface area contributed by atoms with Gasteiger partial charge in [-0.2, -0.15) is 0 Å². The van der Waals surface area contributed by atoms with E-state index in [0.29, 0.717) is 38.0 Å². The molecule has 0 radical (unpaired) electrons. The number of amides is 1. The molecule has 0 N–H and O–H groups in total. The summed E-state index contributed by atoms with van der Waals surface area (Å²) >= 11 is 0. The fourth-order valence-electron chi connectivity index (χ4n) is 4.33. The fraction of sp³-hybridized carbons (Fsp3) is 0.632. The Morgan fingerprint density at radius 3 is 3.04 bits per heavy atom. The standard InChI is InChI=1S/C19H25FN2O3/c20-16-4-1-3-14(9-16)11-21-7-5-17-15(12-21)13-24-18(17)10-19(23)22-6-2-8-25-22/h1,3-4,9,15,17-18H,2,5-8,10-13H2/t15-,17+,18-/m1/s1. The van der Waals surface area contributed by atoms with Crippen LogP contribution in [0.5, 0.6) is 0 Å². The molecule has 3 fully saturated rings. The normalized spacial score (nSPS) is 29.8. The number of carbonyl (C=O) groups excluding carboxylic acids is 1. The summed E-state index contributed by atoms with van der Waals surface area (Å²) in [6, 6.07) is 6.82. The van der Waals surface area contributed by atoms with E-state index in [9.17, 15) is 9.18 Å². The van der Waals surface area contributed by atoms with E-state index in [4.69, 9.17) is 9.57 Å². The van der Waals surface area contributed by atoms with Crippen LogP contribution < -0.4 is 0 Å². The van der Waals surface area contributed by atoms with Crippen molar-refractivity contribution in [3.8, 4) is 0 Å². The van der Waals surface area contributed by atoms with E-state index in [2.05, 4.69) is 4.90 Å². The highest BCUT2D eigenvalue weighted by atomic mass is 19.1. The van der Waals surface area contributed by atoms with Gasteiger partial charge in [0.15, 0.2) is 0 Å². The summed E-state index contributed by atoms with van der Waals surface area (Å²) < 4.78 is 19.3. The van der Waals surface area contributed by atoms with Gasteiger partial charge in [-0.25, -0.2) is 9.45 Å². The van der Waals surface area contributed by atoms with Crippen LogP contribution in [0.4, 0.5) is 4.39 Å². The van der Waals surface area contributed by atoms with Gasteiger partial charge in [-0.05, 0) is 43.0 Å². The molecular formula is C19H25FN2O3. The lowest BCUT2D eigenvalue weighted by atomic mass is 9.83. The highest BCUT2D eigenvalue weighted by Gasteiger charge is 2.42. The topological polar surface area (TPSA) is 42.0 Å². The van der Waals surface area contributed by atoms with Crippen molar-refractivity contribution in [2.75, 3.05) is 32.8 Å². The summed E-state index contributed by atoms with van der Waals surface area (Å²) in [7, 11) is 0. The van der Waals surface area contributed by atoms with Crippen LogP contribution >= 0.6 is 0 Å². The molecule has 0 unspecified atom stereocenters. The molecule has 0 bridgehead atoms. The Morgan fingerprint density at radius 1 is 1.32 bits per heavy atom. The van der Waals surface area contributed by atoms with Crippen LogP contribution in [0, 0.1) is 17.7 Å². The van der Waals surface area contributed by atoms with E-state index >= 15 is 0 Å². The van der Waals surface area contributed by atoms with Crippen molar-refractivity contribution < 1.29 is 18.8 Å². The number of ether oxygens (including phenoxy) is 1. The number of fused-ring (bicyclic) bond motifs is 1. The van der Waals surface area contributed by atoms with Gasteiger partial charge in [-0.15, -0.1) is 0 Å². The molecule has 3 aliphatic rings. The third-order valence-corrected chi connectivity index (χ3v) is 5.58. The van der Waals surface area contributed by atoms with Gasteiger partial charge in [0.2, 0.25) is 5.91 Å². The van der Waals surface area contributed by atoms with Crippen LogP contribution in [0.25, 0.3) is 0 Å². The smallest absolute Gasteiger partial charge is 0.248 e. The number of benzene rings is 1. The average molecular weight is 348 g/mol. The van der Waals surface area contributed by atoms with Crippen molar-refractivity contribution >= 4 is 5.91 Å². The van der Waals surface area contributed by atoms with Gasteiger partial charge in [0, 0.05) is 19.0 Å². The third kappa shape index (κ3) is 3.86. The van der Waals surface area contributed by atoms with Crippen molar-refractivity contribution in [1.82, 2.24) is 9.96 Å². The highest BCUT2D eigenvalue weighted by Crippen LogP contribution is 2.36. The van der Waals surface area contributed by atoms with Crippen molar-refractivity contribution in [1.29, 1.82) is 0 Å². The largest absolute Gasteiger partial charge is 0.377 e. The number of halogens is 1. The third-order valence-electron chi connectivity index (χ3n) is 5.58. The van der Waals surface area contributed by atoms with Gasteiger partial charge in [-0.1, -0.05) is 12.1 Å². The number of hydrogen-bond acceptors (Lipinski definition) is 4. The minimum Gasteiger partial charge on any atom is -0.377 e. The van der Waals surface area contributed by atoms with Gasteiger partial charge in [0.05, 0.1) is 32.3 Å². The number of nitrogens with zero attached hydrogens (tertiary/aromatic N) is 2. The average Bonchev–Trinajstić information content (AvgIpc) is 3.25. The van der Waals surface area contributed by atoms with Gasteiger partial charge < -0.3 is 4.74 Å². The van der Waals surface area contributed by atoms with E-state index in [1.165, 1.54) is 11.1 Å². The SMILES string of the molecule is O=C(C[C@H]1OC[C@H]2CN(Cc3cccc(F)c3)CC[C@@H]21)N1CCCO1. The van der Waals surface area contributed by atoms with E-state index in [-0.39, 0.29) is 17.8 Å². The molecule has 0 aliphatic carbocycles. The minimum absolute atomic E-state index is 0.0121. The van der Waals surface area contributed by atoms with Crippen molar-refractivity contribution in [3.05, 3.63) is 35.6 Å². The van der Waals surface area contributed by atoms with Crippen LogP contribution in [-0.4, -0.2) is 54.8 Å². The first-order valence-electron chi connectivity index (χ1n) is 9.21. The molecule has 4 rings (SSSR count). The molecule has 3 atom stereocenters. The molecule has 6 heteroatoms. The minimum atomic E-state index is -0.181. The quantitative estimate of drug-likeness (QED) is 0.837. The van der Waals surface area contributed by atoms with Crippen LogP contribution in [0.3, 0.4) is 0 Å². The lowest BCUT2D eigenvalue weighted by Gasteiger charge is -2.35. The second kappa shape index (κ2) is 7.40. The summed E-state index contributed by atoms with van der Waals surface area (Å²) in [5, 5.41) is 1.50. The van der Waals surface area contributed by atoms with Crippen molar-refractivity contribution in [3.63, 3.8) is 0 Å². The lowest BCUT2D eigenvalue weighted by molar-refractivity contribution is -0.171. The molecule has 3 saturated heterocycles. The summed E-state index contributed by atoms with van der Waals surface area (Å²) in [6.45, 7) is 4.73. The molecule has 1 amide bonds. The number of carbonyl (C=O) groups is 1. The zero-order chi connectivity index (χ0) is 17.2. The molecule has 3 heterocycles. The molecular weight excluding hydrogens is 323 g/mol. The molecule has 25 heavy (non-hydrogen) atoms. The zero-order valence-electron chi connectivity index (χ0n) is 14.4. The second-order valence-electron chi connectivity index (χ2n) is 7.34. The van der Waals surface area contributed by atoms with Crippen LogP contribution in [0.1, 0.15) is 24.8 Å².